The number of aromatic hydroxyl groups is 1. The van der Waals surface area contributed by atoms with Crippen molar-refractivity contribution in [3.63, 3.8) is 0 Å². The van der Waals surface area contributed by atoms with Gasteiger partial charge in [-0.3, -0.25) is 0 Å². The third kappa shape index (κ3) is 2.51. The molecule has 0 bridgehead atoms. The van der Waals surface area contributed by atoms with Gasteiger partial charge < -0.3 is 0 Å². The molecule has 0 spiro atoms. The van der Waals surface area contributed by atoms with Gasteiger partial charge in [0.1, 0.15) is 0 Å². The molecule has 3 rings (SSSR count). The summed E-state index contributed by atoms with van der Waals surface area (Å²) in [5.41, 5.74) is 0. The van der Waals surface area contributed by atoms with Crippen LogP contribution in [-0.4, -0.2) is 27.2 Å². The molecule has 2 nitrogen and oxygen atoms in total. The van der Waals surface area contributed by atoms with E-state index in [9.17, 15) is 5.11 Å². The van der Waals surface area contributed by atoms with Crippen LogP contribution in [0.1, 0.15) is 0 Å². The number of ether oxygens (including phenoxy) is 1. The number of hydrogen-bond acceptors (Lipinski definition) is 2. The molecule has 100 valence electrons. The Hall–Kier alpha value is -1.96. The minimum atomic E-state index is 0.139. The third-order valence-electron chi connectivity index (χ3n) is 3.10. The monoisotopic (exact) mass is 330 g/mol. The fourth-order valence-electron chi connectivity index (χ4n) is 2.13. The molecule has 0 aliphatic rings. The predicted octanol–water partition coefficient (Wildman–Crippen LogP) is 2.21. The van der Waals surface area contributed by atoms with Crippen molar-refractivity contribution in [2.24, 2.45) is 0 Å². The van der Waals surface area contributed by atoms with Crippen LogP contribution in [0.2, 0.25) is 0 Å². The van der Waals surface area contributed by atoms with Crippen molar-refractivity contribution in [2.75, 3.05) is 7.11 Å². The topological polar surface area (TPSA) is 29.5 Å². The minimum absolute atomic E-state index is 0.139. The number of methoxy groups -OCH3 is 1. The molecule has 0 atom stereocenters. The van der Waals surface area contributed by atoms with Crippen molar-refractivity contribution in [3.05, 3.63) is 60.7 Å². The second kappa shape index (κ2) is 5.58. The molecule has 0 aliphatic carbocycles. The van der Waals surface area contributed by atoms with E-state index in [0.717, 1.165) is 16.5 Å². The van der Waals surface area contributed by atoms with E-state index in [1.165, 1.54) is 8.92 Å². The SMILES string of the molecule is COc1ccc2ccc(O)cc2c1[Se]c1ccccc1. The Labute approximate surface area is 124 Å². The van der Waals surface area contributed by atoms with Crippen LogP contribution < -0.4 is 13.7 Å². The van der Waals surface area contributed by atoms with E-state index in [2.05, 4.69) is 12.1 Å². The zero-order chi connectivity index (χ0) is 13.9. The number of phenols is 1. The van der Waals surface area contributed by atoms with Crippen LogP contribution in [0, 0.1) is 0 Å². The Morgan fingerprint density at radius 2 is 1.70 bits per heavy atom. The first-order valence-corrected chi connectivity index (χ1v) is 8.02. The van der Waals surface area contributed by atoms with Gasteiger partial charge in [0.15, 0.2) is 0 Å². The summed E-state index contributed by atoms with van der Waals surface area (Å²) >= 11 is 0.139. The molecule has 3 heteroatoms. The number of rotatable bonds is 3. The van der Waals surface area contributed by atoms with Crippen LogP contribution >= 0.6 is 0 Å². The molecule has 1 N–H and O–H groups in total. The van der Waals surface area contributed by atoms with Crippen molar-refractivity contribution >= 4 is 34.7 Å². The molecule has 0 heterocycles. The van der Waals surface area contributed by atoms with Gasteiger partial charge in [-0.1, -0.05) is 0 Å². The number of benzene rings is 3. The van der Waals surface area contributed by atoms with Crippen LogP contribution in [0.3, 0.4) is 0 Å². The van der Waals surface area contributed by atoms with E-state index in [1.54, 1.807) is 13.2 Å². The normalized spacial score (nSPS) is 10.7. The van der Waals surface area contributed by atoms with E-state index < -0.39 is 0 Å². The molecule has 20 heavy (non-hydrogen) atoms. The summed E-state index contributed by atoms with van der Waals surface area (Å²) in [5.74, 6) is 1.17. The Morgan fingerprint density at radius 3 is 2.45 bits per heavy atom. The second-order valence-electron chi connectivity index (χ2n) is 4.42. The molecule has 0 radical (unpaired) electrons. The van der Waals surface area contributed by atoms with Crippen LogP contribution in [0.4, 0.5) is 0 Å². The predicted molar refractivity (Wildman–Crippen MR) is 83.6 cm³/mol. The van der Waals surface area contributed by atoms with Crippen LogP contribution in [0.15, 0.2) is 60.7 Å². The van der Waals surface area contributed by atoms with Gasteiger partial charge in [-0.05, 0) is 0 Å². The fraction of sp³-hybridized carbons (Fsp3) is 0.0588. The Kier molecular flexibility index (Phi) is 3.64. The van der Waals surface area contributed by atoms with Crippen LogP contribution in [-0.2, 0) is 0 Å². The van der Waals surface area contributed by atoms with Gasteiger partial charge in [0.2, 0.25) is 0 Å². The molecule has 3 aromatic rings. The van der Waals surface area contributed by atoms with E-state index in [1.807, 2.05) is 42.5 Å². The average molecular weight is 329 g/mol. The van der Waals surface area contributed by atoms with Gasteiger partial charge in [-0.25, -0.2) is 0 Å². The zero-order valence-electron chi connectivity index (χ0n) is 11.0. The Bertz CT molecular complexity index is 739. The maximum absolute atomic E-state index is 9.75. The maximum atomic E-state index is 9.75. The number of hydrogen-bond donors (Lipinski definition) is 1. The summed E-state index contributed by atoms with van der Waals surface area (Å²) in [6.07, 6.45) is 0. The summed E-state index contributed by atoms with van der Waals surface area (Å²) < 4.78 is 7.95. The van der Waals surface area contributed by atoms with Gasteiger partial charge in [0.25, 0.3) is 0 Å². The Balaban J connectivity index is 2.18. The van der Waals surface area contributed by atoms with Gasteiger partial charge in [0, 0.05) is 0 Å². The number of phenolic OH excluding ortho intramolecular Hbond substituents is 1. The van der Waals surface area contributed by atoms with Gasteiger partial charge in [-0.2, -0.15) is 0 Å². The summed E-state index contributed by atoms with van der Waals surface area (Å²) in [6.45, 7) is 0. The van der Waals surface area contributed by atoms with Gasteiger partial charge >= 0.3 is 124 Å². The second-order valence-corrected chi connectivity index (χ2v) is 6.69. The molecule has 0 saturated heterocycles. The first kappa shape index (κ1) is 13.0. The molecule has 0 aromatic heterocycles. The fourth-order valence-corrected chi connectivity index (χ4v) is 4.37. The summed E-state index contributed by atoms with van der Waals surface area (Å²) in [6, 6.07) is 19.9. The summed E-state index contributed by atoms with van der Waals surface area (Å²) in [7, 11) is 1.69. The molecule has 0 saturated carbocycles. The molecule has 0 amide bonds. The first-order valence-electron chi connectivity index (χ1n) is 6.30. The standard InChI is InChI=1S/C17H14O2Se/c1-19-16-10-8-12-7-9-13(18)11-15(12)17(16)20-14-5-3-2-4-6-14/h2-11,18H,1H3. The summed E-state index contributed by atoms with van der Waals surface area (Å²) in [4.78, 5) is 0. The van der Waals surface area contributed by atoms with Crippen molar-refractivity contribution in [1.29, 1.82) is 0 Å². The van der Waals surface area contributed by atoms with Crippen molar-refractivity contribution in [3.8, 4) is 11.5 Å². The zero-order valence-corrected chi connectivity index (χ0v) is 12.8. The van der Waals surface area contributed by atoms with Crippen molar-refractivity contribution in [2.45, 2.75) is 0 Å². The molecule has 0 unspecified atom stereocenters. The molecular weight excluding hydrogens is 315 g/mol. The van der Waals surface area contributed by atoms with Crippen LogP contribution in [0.25, 0.3) is 10.8 Å². The van der Waals surface area contributed by atoms with E-state index in [0.29, 0.717) is 0 Å². The third-order valence-corrected chi connectivity index (χ3v) is 5.48. The molecular formula is C17H14O2Se. The van der Waals surface area contributed by atoms with Gasteiger partial charge in [-0.15, -0.1) is 0 Å². The average Bonchev–Trinajstić information content (AvgIpc) is 2.49. The Morgan fingerprint density at radius 1 is 0.950 bits per heavy atom. The summed E-state index contributed by atoms with van der Waals surface area (Å²) in [5, 5.41) is 11.9. The first-order chi connectivity index (χ1) is 9.78. The van der Waals surface area contributed by atoms with E-state index in [4.69, 9.17) is 4.74 Å². The molecule has 0 aliphatic heterocycles. The van der Waals surface area contributed by atoms with E-state index >= 15 is 0 Å². The number of fused-ring (bicyclic) bond motifs is 1. The van der Waals surface area contributed by atoms with E-state index in [-0.39, 0.29) is 20.7 Å². The van der Waals surface area contributed by atoms with Crippen molar-refractivity contribution < 1.29 is 9.84 Å². The molecule has 3 aromatic carbocycles. The van der Waals surface area contributed by atoms with Gasteiger partial charge in [0.05, 0.1) is 0 Å². The molecule has 0 fully saturated rings. The van der Waals surface area contributed by atoms with Crippen LogP contribution in [0.5, 0.6) is 11.5 Å². The quantitative estimate of drug-likeness (QED) is 0.747. The van der Waals surface area contributed by atoms with Crippen molar-refractivity contribution in [1.82, 2.24) is 0 Å².